The van der Waals surface area contributed by atoms with Crippen molar-refractivity contribution in [3.63, 3.8) is 0 Å². The van der Waals surface area contributed by atoms with Crippen molar-refractivity contribution in [2.24, 2.45) is 0 Å². The molecule has 0 aliphatic heterocycles. The summed E-state index contributed by atoms with van der Waals surface area (Å²) in [5.41, 5.74) is 0. The molecule has 0 bridgehead atoms. The van der Waals surface area contributed by atoms with E-state index in [1.165, 1.54) is 6.07 Å². The van der Waals surface area contributed by atoms with Gasteiger partial charge in [0.25, 0.3) is 0 Å². The predicted octanol–water partition coefficient (Wildman–Crippen LogP) is 3.21. The lowest BCUT2D eigenvalue weighted by Gasteiger charge is -1.87. The molecule has 0 spiro atoms. The first-order chi connectivity index (χ1) is 5.04. The molecule has 0 aliphatic carbocycles. The van der Waals surface area contributed by atoms with Crippen LogP contribution in [-0.2, 0) is 0 Å². The molecule has 0 saturated heterocycles. The van der Waals surface area contributed by atoms with Crippen LogP contribution in [0.15, 0.2) is 33.1 Å². The van der Waals surface area contributed by atoms with E-state index in [0.29, 0.717) is 8.95 Å². The fourth-order valence-electron chi connectivity index (χ4n) is 0.331. The monoisotopic (exact) mass is 237 g/mol. The molecule has 1 aromatic rings. The SMILES string of the molecule is [2H]c1cc([2H])c(Br)c([2H])c1Br. The van der Waals surface area contributed by atoms with Crippen LogP contribution in [-0.4, -0.2) is 0 Å². The Balaban J connectivity index is 3.46. The fraction of sp³-hybridized carbons (Fsp3) is 0. The van der Waals surface area contributed by atoms with Crippen LogP contribution < -0.4 is 0 Å². The Hall–Kier alpha value is 0.180. The zero-order chi connectivity index (χ0) is 8.59. The van der Waals surface area contributed by atoms with Gasteiger partial charge in [0.2, 0.25) is 0 Å². The highest BCUT2D eigenvalue weighted by molar-refractivity contribution is 9.11. The number of hydrogen-bond donors (Lipinski definition) is 0. The third-order valence-corrected chi connectivity index (χ3v) is 1.47. The van der Waals surface area contributed by atoms with E-state index in [1.54, 1.807) is 0 Å². The highest BCUT2D eigenvalue weighted by Gasteiger charge is 1.84. The Morgan fingerprint density at radius 3 is 2.25 bits per heavy atom. The van der Waals surface area contributed by atoms with Gasteiger partial charge in [0.15, 0.2) is 0 Å². The lowest BCUT2D eigenvalue weighted by molar-refractivity contribution is 1.60. The van der Waals surface area contributed by atoms with Gasteiger partial charge in [0.05, 0.1) is 4.11 Å². The van der Waals surface area contributed by atoms with Crippen molar-refractivity contribution in [1.29, 1.82) is 0 Å². The van der Waals surface area contributed by atoms with E-state index in [9.17, 15) is 0 Å². The van der Waals surface area contributed by atoms with Crippen LogP contribution in [0.1, 0.15) is 4.11 Å². The Bertz CT molecular complexity index is 272. The van der Waals surface area contributed by atoms with Crippen molar-refractivity contribution in [3.8, 4) is 0 Å². The summed E-state index contributed by atoms with van der Waals surface area (Å²) < 4.78 is 22.8. The minimum atomic E-state index is 0.155. The summed E-state index contributed by atoms with van der Waals surface area (Å²) in [5.74, 6) is 0. The normalized spacial score (nSPS) is 14.5. The van der Waals surface area contributed by atoms with Gasteiger partial charge in [-0.25, -0.2) is 0 Å². The average molecular weight is 239 g/mol. The zero-order valence-electron chi connectivity index (χ0n) is 6.83. The zero-order valence-corrected chi connectivity index (χ0v) is 7.01. The topological polar surface area (TPSA) is 0 Å². The number of benzene rings is 1. The molecule has 1 aromatic carbocycles. The second-order valence-corrected chi connectivity index (χ2v) is 2.77. The van der Waals surface area contributed by atoms with Crippen LogP contribution in [0.5, 0.6) is 0 Å². The largest absolute Gasteiger partial charge is 0.0647 e. The third-order valence-electron chi connectivity index (χ3n) is 0.617. The van der Waals surface area contributed by atoms with E-state index in [4.69, 9.17) is 4.11 Å². The molecule has 0 radical (unpaired) electrons. The molecule has 0 atom stereocenters. The predicted molar refractivity (Wildman–Crippen MR) is 41.8 cm³/mol. The van der Waals surface area contributed by atoms with E-state index in [0.717, 1.165) is 0 Å². The second kappa shape index (κ2) is 2.65. The molecule has 2 heteroatoms. The van der Waals surface area contributed by atoms with E-state index in [1.807, 2.05) is 0 Å². The summed E-state index contributed by atoms with van der Waals surface area (Å²) in [7, 11) is 0. The van der Waals surface area contributed by atoms with Crippen molar-refractivity contribution in [3.05, 3.63) is 33.1 Å². The van der Waals surface area contributed by atoms with Crippen molar-refractivity contribution >= 4 is 31.9 Å². The van der Waals surface area contributed by atoms with Crippen LogP contribution in [0.25, 0.3) is 0 Å². The maximum Gasteiger partial charge on any atom is 0.0647 e. The number of halogens is 2. The van der Waals surface area contributed by atoms with Gasteiger partial charge in [-0.2, -0.15) is 0 Å². The standard InChI is InChI=1S/C6H4Br2/c7-5-2-1-3-6(8)4-5/h1-4H/i2D,3D,4D. The maximum atomic E-state index is 7.39. The molecule has 0 saturated carbocycles. The molecule has 0 amide bonds. The Labute approximate surface area is 69.4 Å². The second-order valence-electron chi connectivity index (χ2n) is 1.19. The molecular formula is C6H4Br2. The van der Waals surface area contributed by atoms with Gasteiger partial charge in [0.1, 0.15) is 0 Å². The van der Waals surface area contributed by atoms with E-state index < -0.39 is 0 Å². The Morgan fingerprint density at radius 1 is 1.25 bits per heavy atom. The van der Waals surface area contributed by atoms with Gasteiger partial charge in [-0.3, -0.25) is 0 Å². The number of rotatable bonds is 0. The summed E-state index contributed by atoms with van der Waals surface area (Å²) in [6, 6.07) is 1.88. The molecular weight excluding hydrogens is 232 g/mol. The Kier molecular flexibility index (Phi) is 1.12. The minimum absolute atomic E-state index is 0.155. The average Bonchev–Trinajstić information content (AvgIpc) is 1.97. The van der Waals surface area contributed by atoms with Gasteiger partial charge >= 0.3 is 0 Å². The van der Waals surface area contributed by atoms with Gasteiger partial charge < -0.3 is 0 Å². The quantitative estimate of drug-likeness (QED) is 0.651. The molecule has 0 unspecified atom stereocenters. The van der Waals surface area contributed by atoms with Gasteiger partial charge in [-0.15, -0.1) is 0 Å². The molecule has 1 rings (SSSR count). The van der Waals surface area contributed by atoms with E-state index in [2.05, 4.69) is 31.9 Å². The lowest BCUT2D eigenvalue weighted by Crippen LogP contribution is -1.61. The summed E-state index contributed by atoms with van der Waals surface area (Å²) in [4.78, 5) is 0. The van der Waals surface area contributed by atoms with Crippen LogP contribution in [0, 0.1) is 0 Å². The van der Waals surface area contributed by atoms with Crippen LogP contribution >= 0.6 is 31.9 Å². The first kappa shape index (κ1) is 3.37. The summed E-state index contributed by atoms with van der Waals surface area (Å²) in [5, 5.41) is 0. The molecule has 42 valence electrons. The highest BCUT2D eigenvalue weighted by Crippen LogP contribution is 2.15. The maximum absolute atomic E-state index is 7.39. The Morgan fingerprint density at radius 2 is 1.75 bits per heavy atom. The molecule has 0 heterocycles. The van der Waals surface area contributed by atoms with E-state index >= 15 is 0 Å². The van der Waals surface area contributed by atoms with Crippen molar-refractivity contribution in [1.82, 2.24) is 0 Å². The van der Waals surface area contributed by atoms with Gasteiger partial charge in [0, 0.05) is 8.95 Å². The van der Waals surface area contributed by atoms with Crippen LogP contribution in [0.4, 0.5) is 0 Å². The lowest BCUT2D eigenvalue weighted by atomic mass is 10.4. The van der Waals surface area contributed by atoms with Crippen LogP contribution in [0.3, 0.4) is 0 Å². The molecule has 0 aliphatic rings. The molecule has 0 N–H and O–H groups in total. The first-order valence-corrected chi connectivity index (χ1v) is 3.54. The van der Waals surface area contributed by atoms with Gasteiger partial charge in [-0.05, 0) is 18.1 Å². The molecule has 0 nitrogen and oxygen atoms in total. The summed E-state index contributed by atoms with van der Waals surface area (Å²) >= 11 is 6.15. The smallest absolute Gasteiger partial charge is 0.0600 e. The van der Waals surface area contributed by atoms with E-state index in [-0.39, 0.29) is 18.1 Å². The summed E-state index contributed by atoms with van der Waals surface area (Å²) in [6.45, 7) is 0. The molecule has 0 fully saturated rings. The third kappa shape index (κ3) is 1.60. The minimum Gasteiger partial charge on any atom is -0.0600 e. The summed E-state index contributed by atoms with van der Waals surface area (Å²) in [6.07, 6.45) is 0. The first-order valence-electron chi connectivity index (χ1n) is 3.46. The fourth-order valence-corrected chi connectivity index (χ4v) is 1.22. The number of hydrogen-bond acceptors (Lipinski definition) is 0. The van der Waals surface area contributed by atoms with Gasteiger partial charge in [-0.1, -0.05) is 37.9 Å². The van der Waals surface area contributed by atoms with Crippen molar-refractivity contribution in [2.45, 2.75) is 0 Å². The van der Waals surface area contributed by atoms with Crippen molar-refractivity contribution < 1.29 is 4.11 Å². The van der Waals surface area contributed by atoms with Crippen LogP contribution in [0.2, 0.25) is 0 Å². The highest BCUT2D eigenvalue weighted by atomic mass is 79.9. The molecule has 8 heavy (non-hydrogen) atoms. The van der Waals surface area contributed by atoms with Crippen molar-refractivity contribution in [2.75, 3.05) is 0 Å². The molecule has 0 aromatic heterocycles.